The third kappa shape index (κ3) is 4.77. The maximum atomic E-state index is 11.5. The monoisotopic (exact) mass is 260 g/mol. The van der Waals surface area contributed by atoms with Gasteiger partial charge >= 0.3 is 0 Å². The zero-order valence-electron chi connectivity index (χ0n) is 11.6. The molecule has 1 fully saturated rings. The van der Waals surface area contributed by atoms with Gasteiger partial charge in [0.2, 0.25) is 0 Å². The highest BCUT2D eigenvalue weighted by Gasteiger charge is 2.20. The van der Waals surface area contributed by atoms with Gasteiger partial charge in [0.1, 0.15) is 5.78 Å². The summed E-state index contributed by atoms with van der Waals surface area (Å²) >= 11 is 0. The molecule has 19 heavy (non-hydrogen) atoms. The molecule has 3 nitrogen and oxygen atoms in total. The van der Waals surface area contributed by atoms with Gasteiger partial charge in [-0.3, -0.25) is 9.69 Å². The maximum absolute atomic E-state index is 11.5. The van der Waals surface area contributed by atoms with Crippen molar-refractivity contribution in [2.75, 3.05) is 19.6 Å². The van der Waals surface area contributed by atoms with Gasteiger partial charge in [0.25, 0.3) is 0 Å². The van der Waals surface area contributed by atoms with E-state index in [-0.39, 0.29) is 12.3 Å². The van der Waals surface area contributed by atoms with Gasteiger partial charge in [0.05, 0.1) is 6.54 Å². The summed E-state index contributed by atoms with van der Waals surface area (Å²) in [6.07, 6.45) is 4.28. The number of likely N-dealkylation sites (tertiary alicyclic amines) is 1. The van der Waals surface area contributed by atoms with E-state index in [9.17, 15) is 4.79 Å². The number of hydrogen-bond donors (Lipinski definition) is 1. The predicted octanol–water partition coefficient (Wildman–Crippen LogP) is 2.21. The molecule has 3 heteroatoms. The van der Waals surface area contributed by atoms with Crippen LogP contribution in [0, 0.1) is 5.92 Å². The summed E-state index contributed by atoms with van der Waals surface area (Å²) in [6.45, 7) is 3.35. The molecule has 0 radical (unpaired) electrons. The minimum absolute atomic E-state index is 0.190. The number of carbonyl (C=O) groups excluding carboxylic acids is 1. The summed E-state index contributed by atoms with van der Waals surface area (Å²) in [5.74, 6) is 0.689. The first-order valence-corrected chi connectivity index (χ1v) is 7.26. The van der Waals surface area contributed by atoms with E-state index < -0.39 is 0 Å². The number of hydrogen-bond acceptors (Lipinski definition) is 3. The zero-order chi connectivity index (χ0) is 13.5. The molecular formula is C16H24N2O. The van der Waals surface area contributed by atoms with E-state index in [0.717, 1.165) is 26.1 Å². The van der Waals surface area contributed by atoms with Crippen LogP contribution in [0.1, 0.15) is 31.2 Å². The smallest absolute Gasteiger partial charge is 0.146 e. The van der Waals surface area contributed by atoms with Crippen LogP contribution in [0.5, 0.6) is 0 Å². The third-order valence-corrected chi connectivity index (χ3v) is 3.85. The molecule has 1 heterocycles. The van der Waals surface area contributed by atoms with Crippen LogP contribution in [0.2, 0.25) is 0 Å². The molecule has 1 saturated heterocycles. The van der Waals surface area contributed by atoms with E-state index in [2.05, 4.69) is 35.2 Å². The molecule has 0 aromatic heterocycles. The molecule has 0 amide bonds. The first kappa shape index (κ1) is 14.2. The number of nitrogens with zero attached hydrogens (tertiary/aromatic N) is 1. The van der Waals surface area contributed by atoms with Gasteiger partial charge in [0, 0.05) is 19.5 Å². The molecule has 1 aliphatic heterocycles. The van der Waals surface area contributed by atoms with Gasteiger partial charge in [-0.1, -0.05) is 36.8 Å². The maximum Gasteiger partial charge on any atom is 0.146 e. The fourth-order valence-electron chi connectivity index (χ4n) is 2.87. The van der Waals surface area contributed by atoms with E-state index >= 15 is 0 Å². The molecule has 1 aliphatic rings. The Morgan fingerprint density at radius 3 is 2.79 bits per heavy atom. The number of nitrogens with two attached hydrogens (primary N) is 1. The van der Waals surface area contributed by atoms with Crippen molar-refractivity contribution in [1.82, 2.24) is 4.90 Å². The van der Waals surface area contributed by atoms with E-state index in [1.165, 1.54) is 18.4 Å². The van der Waals surface area contributed by atoms with E-state index in [0.29, 0.717) is 12.3 Å². The Bertz CT molecular complexity index is 391. The number of ketones is 1. The van der Waals surface area contributed by atoms with Crippen molar-refractivity contribution in [3.05, 3.63) is 35.9 Å². The minimum atomic E-state index is 0.190. The van der Waals surface area contributed by atoms with E-state index in [1.807, 2.05) is 0 Å². The SMILES string of the molecule is NCC(=O)CC1CCCCN(Cc2ccccc2)C1. The van der Waals surface area contributed by atoms with Crippen LogP contribution in [0.25, 0.3) is 0 Å². The van der Waals surface area contributed by atoms with Gasteiger partial charge < -0.3 is 5.73 Å². The highest BCUT2D eigenvalue weighted by molar-refractivity contribution is 5.80. The van der Waals surface area contributed by atoms with Crippen molar-refractivity contribution in [1.29, 1.82) is 0 Å². The molecule has 1 atom stereocenters. The highest BCUT2D eigenvalue weighted by Crippen LogP contribution is 2.21. The van der Waals surface area contributed by atoms with Crippen molar-refractivity contribution in [2.45, 2.75) is 32.2 Å². The Hall–Kier alpha value is -1.19. The highest BCUT2D eigenvalue weighted by atomic mass is 16.1. The fourth-order valence-corrected chi connectivity index (χ4v) is 2.87. The second kappa shape index (κ2) is 7.41. The molecule has 1 unspecified atom stereocenters. The molecule has 0 aliphatic carbocycles. The predicted molar refractivity (Wildman–Crippen MR) is 77.7 cm³/mol. The van der Waals surface area contributed by atoms with Gasteiger partial charge in [-0.25, -0.2) is 0 Å². The van der Waals surface area contributed by atoms with Crippen molar-refractivity contribution in [2.24, 2.45) is 11.7 Å². The summed E-state index contributed by atoms with van der Waals surface area (Å²) in [5.41, 5.74) is 6.78. The Kier molecular flexibility index (Phi) is 5.55. The summed E-state index contributed by atoms with van der Waals surface area (Å²) < 4.78 is 0. The van der Waals surface area contributed by atoms with Crippen LogP contribution in [0.4, 0.5) is 0 Å². The molecule has 2 N–H and O–H groups in total. The Morgan fingerprint density at radius 1 is 1.26 bits per heavy atom. The average molecular weight is 260 g/mol. The molecule has 0 bridgehead atoms. The summed E-state index contributed by atoms with van der Waals surface area (Å²) in [7, 11) is 0. The first-order chi connectivity index (χ1) is 9.28. The lowest BCUT2D eigenvalue weighted by Gasteiger charge is -2.24. The van der Waals surface area contributed by atoms with Gasteiger partial charge in [-0.2, -0.15) is 0 Å². The number of benzene rings is 1. The van der Waals surface area contributed by atoms with Crippen molar-refractivity contribution < 1.29 is 4.79 Å². The molecule has 2 rings (SSSR count). The van der Waals surface area contributed by atoms with Crippen molar-refractivity contribution in [3.8, 4) is 0 Å². The second-order valence-corrected chi connectivity index (χ2v) is 5.53. The lowest BCUT2D eigenvalue weighted by molar-refractivity contribution is -0.118. The second-order valence-electron chi connectivity index (χ2n) is 5.53. The molecule has 0 saturated carbocycles. The van der Waals surface area contributed by atoms with Crippen LogP contribution in [0.15, 0.2) is 30.3 Å². The molecule has 1 aromatic carbocycles. The van der Waals surface area contributed by atoms with Gasteiger partial charge in [-0.05, 0) is 30.9 Å². The molecule has 0 spiro atoms. The van der Waals surface area contributed by atoms with Crippen molar-refractivity contribution >= 4 is 5.78 Å². The Balaban J connectivity index is 1.91. The summed E-state index contributed by atoms with van der Waals surface area (Å²) in [6, 6.07) is 10.6. The van der Waals surface area contributed by atoms with E-state index in [1.54, 1.807) is 0 Å². The van der Waals surface area contributed by atoms with Crippen LogP contribution < -0.4 is 5.73 Å². The van der Waals surface area contributed by atoms with Crippen LogP contribution in [-0.2, 0) is 11.3 Å². The first-order valence-electron chi connectivity index (χ1n) is 7.26. The van der Waals surface area contributed by atoms with Crippen LogP contribution in [0.3, 0.4) is 0 Å². The number of Topliss-reactive ketones (excluding diaryl/α,β-unsaturated/α-hetero) is 1. The topological polar surface area (TPSA) is 46.3 Å². The number of rotatable bonds is 5. The average Bonchev–Trinajstić information content (AvgIpc) is 2.65. The molecule has 1 aromatic rings. The normalized spacial score (nSPS) is 21.0. The largest absolute Gasteiger partial charge is 0.324 e. The lowest BCUT2D eigenvalue weighted by Crippen LogP contribution is -2.30. The molecule has 104 valence electrons. The Morgan fingerprint density at radius 2 is 2.05 bits per heavy atom. The third-order valence-electron chi connectivity index (χ3n) is 3.85. The van der Waals surface area contributed by atoms with Gasteiger partial charge in [-0.15, -0.1) is 0 Å². The standard InChI is InChI=1S/C16H24N2O/c17-11-16(19)10-15-8-4-5-9-18(13-15)12-14-6-2-1-3-7-14/h1-3,6-7,15H,4-5,8-13,17H2. The fraction of sp³-hybridized carbons (Fsp3) is 0.562. The Labute approximate surface area is 115 Å². The van der Waals surface area contributed by atoms with Crippen molar-refractivity contribution in [3.63, 3.8) is 0 Å². The molecular weight excluding hydrogens is 236 g/mol. The van der Waals surface area contributed by atoms with E-state index in [4.69, 9.17) is 5.73 Å². The number of carbonyl (C=O) groups is 1. The van der Waals surface area contributed by atoms with Gasteiger partial charge in [0.15, 0.2) is 0 Å². The minimum Gasteiger partial charge on any atom is -0.324 e. The van der Waals surface area contributed by atoms with Crippen LogP contribution in [-0.4, -0.2) is 30.3 Å². The van der Waals surface area contributed by atoms with Crippen LogP contribution >= 0.6 is 0 Å². The summed E-state index contributed by atoms with van der Waals surface area (Å²) in [5, 5.41) is 0. The zero-order valence-corrected chi connectivity index (χ0v) is 11.6. The lowest BCUT2D eigenvalue weighted by atomic mass is 9.97. The summed E-state index contributed by atoms with van der Waals surface area (Å²) in [4.78, 5) is 14.0. The quantitative estimate of drug-likeness (QED) is 0.883.